The average Bonchev–Trinajstić information content (AvgIpc) is 2.81. The summed E-state index contributed by atoms with van der Waals surface area (Å²) < 4.78 is 36.7. The highest BCUT2D eigenvalue weighted by Gasteiger charge is 2.69. The predicted octanol–water partition coefficient (Wildman–Crippen LogP) is 2.76. The molecule has 1 aliphatic heterocycles. The van der Waals surface area contributed by atoms with E-state index in [1.165, 1.54) is 23.5 Å². The van der Waals surface area contributed by atoms with Gasteiger partial charge in [0.2, 0.25) is 5.76 Å². The van der Waals surface area contributed by atoms with Crippen molar-refractivity contribution >= 4 is 29.3 Å². The number of carbonyl (C=O) groups excluding carboxylic acids is 1. The first-order valence-electron chi connectivity index (χ1n) is 5.21. The van der Waals surface area contributed by atoms with E-state index in [0.29, 0.717) is 6.42 Å². The second kappa shape index (κ2) is 3.38. The monoisotopic (exact) mass is 282 g/mol. The molecule has 2 aliphatic carbocycles. The summed E-state index contributed by atoms with van der Waals surface area (Å²) in [5, 5.41) is 9.21. The molecule has 0 aromatic carbocycles. The van der Waals surface area contributed by atoms with Gasteiger partial charge in [0.25, 0.3) is 0 Å². The molecule has 2 saturated carbocycles. The minimum absolute atomic E-state index is 0.00741. The van der Waals surface area contributed by atoms with Gasteiger partial charge in [-0.05, 0) is 18.3 Å². The van der Waals surface area contributed by atoms with Crippen LogP contribution in [0.3, 0.4) is 0 Å². The maximum Gasteiger partial charge on any atom is 0.449 e. The lowest BCUT2D eigenvalue weighted by atomic mass is 10.1. The standard InChI is InChI=1S/C10H9F3O2S2/c11-10(12,13)8(15)6-4-3-5(4)9(7(6)14)16-1-2-17-9/h4-5,15H,1-3H2/b8-6-/t4-,5-/m0/s1. The Morgan fingerprint density at radius 2 is 1.94 bits per heavy atom. The SMILES string of the molecule is O=C1/C(=C(\O)C(F)(F)F)[C@H]2C[C@@H]2C12SCCS2. The number of ketones is 1. The van der Waals surface area contributed by atoms with Gasteiger partial charge >= 0.3 is 6.18 Å². The van der Waals surface area contributed by atoms with E-state index in [-0.39, 0.29) is 17.4 Å². The summed E-state index contributed by atoms with van der Waals surface area (Å²) >= 11 is 2.89. The Kier molecular flexibility index (Phi) is 2.34. The third-order valence-electron chi connectivity index (χ3n) is 3.45. The first-order valence-corrected chi connectivity index (χ1v) is 7.18. The van der Waals surface area contributed by atoms with Gasteiger partial charge in [0.05, 0.1) is 0 Å². The molecular formula is C10H9F3O2S2. The molecule has 3 rings (SSSR count). The molecule has 3 aliphatic rings. The molecule has 1 heterocycles. The van der Waals surface area contributed by atoms with Crippen LogP contribution in [-0.4, -0.2) is 32.7 Å². The predicted molar refractivity (Wildman–Crippen MR) is 60.0 cm³/mol. The lowest BCUT2D eigenvalue weighted by Crippen LogP contribution is -2.30. The molecule has 17 heavy (non-hydrogen) atoms. The number of rotatable bonds is 0. The van der Waals surface area contributed by atoms with Crippen LogP contribution in [0.25, 0.3) is 0 Å². The Morgan fingerprint density at radius 3 is 2.47 bits per heavy atom. The number of Topliss-reactive ketones (excluding diaryl/α,β-unsaturated/α-hetero) is 1. The molecule has 0 bridgehead atoms. The highest BCUT2D eigenvalue weighted by Crippen LogP contribution is 2.70. The van der Waals surface area contributed by atoms with Gasteiger partial charge in [0.1, 0.15) is 4.08 Å². The molecule has 0 unspecified atom stereocenters. The number of hydrogen-bond acceptors (Lipinski definition) is 4. The summed E-state index contributed by atoms with van der Waals surface area (Å²) in [6.07, 6.45) is -4.21. The fourth-order valence-corrected chi connectivity index (χ4v) is 6.21. The number of alkyl halides is 3. The van der Waals surface area contributed by atoms with Crippen molar-refractivity contribution < 1.29 is 23.1 Å². The van der Waals surface area contributed by atoms with Crippen molar-refractivity contribution in [2.24, 2.45) is 11.8 Å². The number of fused-ring (bicyclic) bond motifs is 2. The maximum atomic E-state index is 12.5. The Bertz CT molecular complexity index is 424. The number of aliphatic hydroxyl groups excluding tert-OH is 1. The quantitative estimate of drug-likeness (QED) is 0.547. The van der Waals surface area contributed by atoms with E-state index in [2.05, 4.69) is 0 Å². The number of carbonyl (C=O) groups is 1. The van der Waals surface area contributed by atoms with Crippen LogP contribution in [0.15, 0.2) is 11.3 Å². The Morgan fingerprint density at radius 1 is 1.35 bits per heavy atom. The van der Waals surface area contributed by atoms with Gasteiger partial charge in [-0.3, -0.25) is 4.79 Å². The Hall–Kier alpha value is -0.300. The average molecular weight is 282 g/mol. The molecule has 94 valence electrons. The van der Waals surface area contributed by atoms with Gasteiger partial charge in [-0.15, -0.1) is 23.5 Å². The summed E-state index contributed by atoms with van der Waals surface area (Å²) in [5.74, 6) is -0.963. The van der Waals surface area contributed by atoms with E-state index in [4.69, 9.17) is 0 Å². The fraction of sp³-hybridized carbons (Fsp3) is 0.700. The number of allylic oxidation sites excluding steroid dienone is 2. The first-order chi connectivity index (χ1) is 7.88. The zero-order valence-electron chi connectivity index (χ0n) is 8.58. The van der Waals surface area contributed by atoms with Crippen LogP contribution in [0.5, 0.6) is 0 Å². The minimum Gasteiger partial charge on any atom is -0.504 e. The lowest BCUT2D eigenvalue weighted by molar-refractivity contribution is -0.127. The molecule has 2 atom stereocenters. The van der Waals surface area contributed by atoms with E-state index >= 15 is 0 Å². The molecule has 2 nitrogen and oxygen atoms in total. The Labute approximate surface area is 104 Å². The molecule has 0 aromatic rings. The highest BCUT2D eigenvalue weighted by atomic mass is 32.2. The van der Waals surface area contributed by atoms with Gasteiger partial charge in [-0.25, -0.2) is 0 Å². The summed E-state index contributed by atoms with van der Waals surface area (Å²) in [6.45, 7) is 0. The normalized spacial score (nSPS) is 37.5. The molecule has 1 N–H and O–H groups in total. The van der Waals surface area contributed by atoms with Crippen LogP contribution >= 0.6 is 23.5 Å². The van der Waals surface area contributed by atoms with Crippen molar-refractivity contribution in [3.05, 3.63) is 11.3 Å². The third-order valence-corrected chi connectivity index (χ3v) is 7.07. The van der Waals surface area contributed by atoms with Crippen LogP contribution in [0.1, 0.15) is 6.42 Å². The molecule has 1 spiro atoms. The van der Waals surface area contributed by atoms with Crippen LogP contribution in [0, 0.1) is 11.8 Å². The van der Waals surface area contributed by atoms with E-state index in [9.17, 15) is 23.1 Å². The zero-order valence-corrected chi connectivity index (χ0v) is 10.2. The van der Waals surface area contributed by atoms with E-state index < -0.39 is 21.8 Å². The summed E-state index contributed by atoms with van der Waals surface area (Å²) in [5.41, 5.74) is -0.371. The van der Waals surface area contributed by atoms with E-state index in [1.54, 1.807) is 0 Å². The first kappa shape index (κ1) is 11.8. The van der Waals surface area contributed by atoms with E-state index in [1.807, 2.05) is 0 Å². The molecule has 0 aromatic heterocycles. The zero-order chi connectivity index (χ0) is 12.4. The van der Waals surface area contributed by atoms with Crippen molar-refractivity contribution in [3.8, 4) is 0 Å². The van der Waals surface area contributed by atoms with Crippen LogP contribution in [0.4, 0.5) is 13.2 Å². The molecule has 7 heteroatoms. The number of aliphatic hydroxyl groups is 1. The summed E-state index contributed by atoms with van der Waals surface area (Å²) in [6, 6.07) is 0. The molecule has 1 saturated heterocycles. The van der Waals surface area contributed by atoms with Gasteiger partial charge in [-0.2, -0.15) is 13.2 Å². The minimum atomic E-state index is -4.81. The highest BCUT2D eigenvalue weighted by molar-refractivity contribution is 8.22. The second-order valence-electron chi connectivity index (χ2n) is 4.40. The van der Waals surface area contributed by atoms with E-state index in [0.717, 1.165) is 11.5 Å². The third kappa shape index (κ3) is 1.47. The van der Waals surface area contributed by atoms with Crippen molar-refractivity contribution in [3.63, 3.8) is 0 Å². The number of halogens is 3. The second-order valence-corrected chi connectivity index (χ2v) is 7.34. The fourth-order valence-electron chi connectivity index (χ4n) is 2.67. The van der Waals surface area contributed by atoms with Crippen molar-refractivity contribution in [1.29, 1.82) is 0 Å². The topological polar surface area (TPSA) is 37.3 Å². The summed E-state index contributed by atoms with van der Waals surface area (Å²) in [7, 11) is 0. The van der Waals surface area contributed by atoms with Gasteiger partial charge < -0.3 is 5.11 Å². The van der Waals surface area contributed by atoms with Gasteiger partial charge in [0.15, 0.2) is 5.78 Å². The Balaban J connectivity index is 2.03. The van der Waals surface area contributed by atoms with Crippen LogP contribution < -0.4 is 0 Å². The van der Waals surface area contributed by atoms with Crippen molar-refractivity contribution in [2.45, 2.75) is 16.7 Å². The maximum absolute atomic E-state index is 12.5. The molecule has 0 radical (unpaired) electrons. The molecular weight excluding hydrogens is 273 g/mol. The molecule has 0 amide bonds. The molecule has 3 fully saturated rings. The lowest BCUT2D eigenvalue weighted by Gasteiger charge is -2.21. The van der Waals surface area contributed by atoms with Gasteiger partial charge in [0, 0.05) is 17.1 Å². The van der Waals surface area contributed by atoms with Crippen molar-refractivity contribution in [1.82, 2.24) is 0 Å². The number of thioether (sulfide) groups is 2. The summed E-state index contributed by atoms with van der Waals surface area (Å²) in [4.78, 5) is 12.1. The largest absolute Gasteiger partial charge is 0.504 e. The smallest absolute Gasteiger partial charge is 0.449 e. The van der Waals surface area contributed by atoms with Crippen molar-refractivity contribution in [2.75, 3.05) is 11.5 Å². The number of hydrogen-bond donors (Lipinski definition) is 1. The van der Waals surface area contributed by atoms with Crippen LogP contribution in [0.2, 0.25) is 0 Å². The van der Waals surface area contributed by atoms with Gasteiger partial charge in [-0.1, -0.05) is 0 Å². The van der Waals surface area contributed by atoms with Crippen LogP contribution in [-0.2, 0) is 4.79 Å².